The molecule has 2 heterocycles. The summed E-state index contributed by atoms with van der Waals surface area (Å²) in [5.74, 6) is 1.03. The average molecular weight is 301 g/mol. The van der Waals surface area contributed by atoms with E-state index in [1.165, 1.54) is 19.5 Å². The number of ether oxygens (including phenoxy) is 1. The summed E-state index contributed by atoms with van der Waals surface area (Å²) >= 11 is 0. The molecule has 0 unspecified atom stereocenters. The molecule has 0 aliphatic rings. The van der Waals surface area contributed by atoms with Gasteiger partial charge in [0.25, 0.3) is 5.78 Å². The zero-order chi connectivity index (χ0) is 15.5. The fourth-order valence-corrected chi connectivity index (χ4v) is 2.22. The lowest BCUT2D eigenvalue weighted by molar-refractivity contribution is 0.387. The summed E-state index contributed by atoms with van der Waals surface area (Å²) in [5.41, 5.74) is 1.63. The second kappa shape index (κ2) is 5.97. The Bertz CT molecular complexity index is 802. The zero-order valence-electron chi connectivity index (χ0n) is 12.4. The number of aromatic nitrogens is 4. The molecule has 0 amide bonds. The lowest BCUT2D eigenvalue weighted by Gasteiger charge is -2.11. The maximum absolute atomic E-state index is 13.5. The van der Waals surface area contributed by atoms with E-state index < -0.39 is 5.82 Å². The van der Waals surface area contributed by atoms with Gasteiger partial charge in [-0.15, -0.1) is 0 Å². The van der Waals surface area contributed by atoms with E-state index in [2.05, 4.69) is 27.3 Å². The Kier molecular flexibility index (Phi) is 3.86. The monoisotopic (exact) mass is 301 g/mol. The van der Waals surface area contributed by atoms with Crippen molar-refractivity contribution in [3.63, 3.8) is 0 Å². The topological polar surface area (TPSA) is 64.3 Å². The first-order valence-electron chi connectivity index (χ1n) is 7.01. The molecule has 0 spiro atoms. The number of hydrogen-bond acceptors (Lipinski definition) is 5. The molecule has 3 aromatic rings. The number of nitrogens with zero attached hydrogens (tertiary/aromatic N) is 4. The first-order chi connectivity index (χ1) is 10.7. The van der Waals surface area contributed by atoms with Crippen LogP contribution >= 0.6 is 0 Å². The van der Waals surface area contributed by atoms with E-state index >= 15 is 0 Å². The van der Waals surface area contributed by atoms with Gasteiger partial charge in [-0.2, -0.15) is 14.6 Å². The number of fused-ring (bicyclic) bond motifs is 1. The first-order valence-corrected chi connectivity index (χ1v) is 7.01. The van der Waals surface area contributed by atoms with Crippen molar-refractivity contribution in [2.75, 3.05) is 12.4 Å². The highest BCUT2D eigenvalue weighted by atomic mass is 19.1. The van der Waals surface area contributed by atoms with Crippen LogP contribution in [0.15, 0.2) is 30.6 Å². The van der Waals surface area contributed by atoms with Gasteiger partial charge in [0.05, 0.1) is 7.11 Å². The summed E-state index contributed by atoms with van der Waals surface area (Å²) in [4.78, 5) is 8.57. The van der Waals surface area contributed by atoms with Gasteiger partial charge in [-0.25, -0.2) is 9.37 Å². The minimum Gasteiger partial charge on any atom is -0.494 e. The fraction of sp³-hybridized carbons (Fsp3) is 0.267. The second-order valence-corrected chi connectivity index (χ2v) is 4.83. The van der Waals surface area contributed by atoms with Crippen molar-refractivity contribution in [2.45, 2.75) is 19.8 Å². The minimum absolute atomic E-state index is 0.183. The third-order valence-electron chi connectivity index (χ3n) is 3.23. The van der Waals surface area contributed by atoms with Gasteiger partial charge >= 0.3 is 0 Å². The Balaban J connectivity index is 2.00. The Hall–Kier alpha value is -2.70. The van der Waals surface area contributed by atoms with Crippen LogP contribution < -0.4 is 10.1 Å². The standard InChI is InChI=1S/C15H16FN5O/c1-3-4-10-8-14(21-15(20-10)17-9-18-21)19-11-5-6-12(16)13(7-11)22-2/h5-9,19H,3-4H2,1-2H3. The van der Waals surface area contributed by atoms with E-state index in [1.807, 2.05) is 6.07 Å². The quantitative estimate of drug-likeness (QED) is 0.785. The maximum Gasteiger partial charge on any atom is 0.254 e. The molecule has 3 rings (SSSR count). The van der Waals surface area contributed by atoms with Crippen molar-refractivity contribution < 1.29 is 9.13 Å². The number of methoxy groups -OCH3 is 1. The van der Waals surface area contributed by atoms with Crippen molar-refractivity contribution in [3.8, 4) is 5.75 Å². The van der Waals surface area contributed by atoms with E-state index in [0.29, 0.717) is 11.5 Å². The van der Waals surface area contributed by atoms with E-state index in [-0.39, 0.29) is 5.75 Å². The van der Waals surface area contributed by atoms with Gasteiger partial charge in [0.2, 0.25) is 0 Å². The molecular formula is C15H16FN5O. The highest BCUT2D eigenvalue weighted by Crippen LogP contribution is 2.24. The van der Waals surface area contributed by atoms with Gasteiger partial charge < -0.3 is 10.1 Å². The number of aryl methyl sites for hydroxylation is 1. The predicted octanol–water partition coefficient (Wildman–Crippen LogP) is 2.97. The molecule has 0 aliphatic heterocycles. The van der Waals surface area contributed by atoms with Crippen LogP contribution in [0.4, 0.5) is 15.9 Å². The molecule has 2 aromatic heterocycles. The Morgan fingerprint density at radius 3 is 2.95 bits per heavy atom. The van der Waals surface area contributed by atoms with E-state index in [9.17, 15) is 4.39 Å². The highest BCUT2D eigenvalue weighted by Gasteiger charge is 2.09. The molecule has 0 atom stereocenters. The number of rotatable bonds is 5. The highest BCUT2D eigenvalue weighted by molar-refractivity contribution is 5.60. The van der Waals surface area contributed by atoms with Crippen LogP contribution in [-0.2, 0) is 6.42 Å². The predicted molar refractivity (Wildman–Crippen MR) is 81.0 cm³/mol. The zero-order valence-corrected chi connectivity index (χ0v) is 12.4. The van der Waals surface area contributed by atoms with Gasteiger partial charge in [0, 0.05) is 23.5 Å². The molecule has 6 nitrogen and oxygen atoms in total. The van der Waals surface area contributed by atoms with Crippen molar-refractivity contribution in [3.05, 3.63) is 42.1 Å². The first kappa shape index (κ1) is 14.2. The van der Waals surface area contributed by atoms with Crippen molar-refractivity contribution in [1.29, 1.82) is 0 Å². The normalized spacial score (nSPS) is 10.9. The molecule has 0 fully saturated rings. The lowest BCUT2D eigenvalue weighted by atomic mass is 10.2. The second-order valence-electron chi connectivity index (χ2n) is 4.83. The Morgan fingerprint density at radius 2 is 2.18 bits per heavy atom. The van der Waals surface area contributed by atoms with E-state index in [0.717, 1.165) is 24.4 Å². The molecule has 0 bridgehead atoms. The molecule has 0 radical (unpaired) electrons. The molecule has 1 aromatic carbocycles. The lowest BCUT2D eigenvalue weighted by Crippen LogP contribution is -2.04. The smallest absolute Gasteiger partial charge is 0.254 e. The SMILES string of the molecule is CCCc1cc(Nc2ccc(F)c(OC)c2)n2ncnc2n1. The van der Waals surface area contributed by atoms with Crippen LogP contribution in [0.25, 0.3) is 5.78 Å². The third kappa shape index (κ3) is 2.69. The van der Waals surface area contributed by atoms with Crippen LogP contribution in [-0.4, -0.2) is 26.7 Å². The number of hydrogen-bond donors (Lipinski definition) is 1. The number of halogens is 1. The summed E-state index contributed by atoms with van der Waals surface area (Å²) < 4.78 is 20.1. The van der Waals surface area contributed by atoms with Crippen molar-refractivity contribution >= 4 is 17.3 Å². The molecule has 0 aliphatic carbocycles. The van der Waals surface area contributed by atoms with Gasteiger partial charge in [0.1, 0.15) is 12.1 Å². The molecule has 1 N–H and O–H groups in total. The van der Waals surface area contributed by atoms with E-state index in [4.69, 9.17) is 4.74 Å². The summed E-state index contributed by atoms with van der Waals surface area (Å²) in [6.07, 6.45) is 3.29. The molecule has 0 saturated carbocycles. The van der Waals surface area contributed by atoms with Crippen LogP contribution in [0.2, 0.25) is 0 Å². The van der Waals surface area contributed by atoms with Gasteiger partial charge in [-0.05, 0) is 18.6 Å². The maximum atomic E-state index is 13.5. The number of anilines is 2. The summed E-state index contributed by atoms with van der Waals surface area (Å²) in [6, 6.07) is 6.51. The third-order valence-corrected chi connectivity index (χ3v) is 3.23. The van der Waals surface area contributed by atoms with Crippen LogP contribution in [0, 0.1) is 5.82 Å². The molecule has 114 valence electrons. The fourth-order valence-electron chi connectivity index (χ4n) is 2.22. The van der Waals surface area contributed by atoms with Gasteiger partial charge in [-0.3, -0.25) is 0 Å². The van der Waals surface area contributed by atoms with Crippen molar-refractivity contribution in [2.24, 2.45) is 0 Å². The van der Waals surface area contributed by atoms with E-state index in [1.54, 1.807) is 16.6 Å². The number of benzene rings is 1. The van der Waals surface area contributed by atoms with Crippen LogP contribution in [0.5, 0.6) is 5.75 Å². The molecular weight excluding hydrogens is 285 g/mol. The van der Waals surface area contributed by atoms with Gasteiger partial charge in [0.15, 0.2) is 11.6 Å². The average Bonchev–Trinajstić information content (AvgIpc) is 2.98. The number of nitrogens with one attached hydrogen (secondary N) is 1. The molecule has 22 heavy (non-hydrogen) atoms. The minimum atomic E-state index is -0.402. The molecule has 7 heteroatoms. The van der Waals surface area contributed by atoms with Crippen molar-refractivity contribution in [1.82, 2.24) is 19.6 Å². The Morgan fingerprint density at radius 1 is 1.32 bits per heavy atom. The summed E-state index contributed by atoms with van der Waals surface area (Å²) in [7, 11) is 1.43. The Labute approximate surface area is 127 Å². The largest absolute Gasteiger partial charge is 0.494 e. The van der Waals surface area contributed by atoms with Gasteiger partial charge in [-0.1, -0.05) is 13.3 Å². The summed E-state index contributed by atoms with van der Waals surface area (Å²) in [5, 5.41) is 7.36. The summed E-state index contributed by atoms with van der Waals surface area (Å²) in [6.45, 7) is 2.09. The van der Waals surface area contributed by atoms with Crippen LogP contribution in [0.1, 0.15) is 19.0 Å². The molecule has 0 saturated heterocycles. The van der Waals surface area contributed by atoms with Crippen LogP contribution in [0.3, 0.4) is 0 Å².